The molecule has 1 unspecified atom stereocenters. The van der Waals surface area contributed by atoms with Crippen LogP contribution in [-0.2, 0) is 10.3 Å². The first-order valence-corrected chi connectivity index (χ1v) is 12.2. The summed E-state index contributed by atoms with van der Waals surface area (Å²) in [6, 6.07) is 30.3. The molecule has 0 bridgehead atoms. The van der Waals surface area contributed by atoms with Crippen molar-refractivity contribution in [2.24, 2.45) is 5.73 Å². The number of unbranched alkanes of at least 4 members (excludes halogenated alkanes) is 2. The number of benzene rings is 3. The van der Waals surface area contributed by atoms with Crippen molar-refractivity contribution in [1.29, 1.82) is 0 Å². The molecule has 4 N–H and O–H groups in total. The van der Waals surface area contributed by atoms with Crippen molar-refractivity contribution >= 4 is 8.53 Å². The van der Waals surface area contributed by atoms with Gasteiger partial charge in [0.25, 0.3) is 8.53 Å². The van der Waals surface area contributed by atoms with Crippen LogP contribution < -0.4 is 5.73 Å². The average Bonchev–Trinajstić information content (AvgIpc) is 2.84. The Morgan fingerprint density at radius 1 is 0.781 bits per heavy atom. The van der Waals surface area contributed by atoms with E-state index < -0.39 is 14.1 Å². The van der Waals surface area contributed by atoms with E-state index >= 15 is 0 Å². The van der Waals surface area contributed by atoms with Crippen LogP contribution in [0.2, 0.25) is 0 Å². The molecule has 3 rings (SSSR count). The van der Waals surface area contributed by atoms with Gasteiger partial charge in [-0.2, -0.15) is 0 Å². The SMILES string of the molecule is COC(N)CCCCCN(P(O)O)C(c1ccccc1)(c1ccccc1)c1ccccc1. The Hall–Kier alpha value is -2.11. The standard InChI is InChI=1S/C26H33N2O3P/c1-31-25(27)20-12-5-13-21-28(32(29)30)26(22-14-6-2-7-15-22,23-16-8-3-9-17-23)24-18-10-4-11-19-24/h2-4,6-11,14-19,25,29-30H,5,12-13,20-21,27H2,1H3. The van der Waals surface area contributed by atoms with Gasteiger partial charge in [0.2, 0.25) is 0 Å². The molecule has 170 valence electrons. The molecule has 1 atom stereocenters. The van der Waals surface area contributed by atoms with Gasteiger partial charge in [0.05, 0.1) is 0 Å². The second kappa shape index (κ2) is 12.2. The fraction of sp³-hybridized carbons (Fsp3) is 0.308. The Labute approximate surface area is 192 Å². The number of hydrogen-bond acceptors (Lipinski definition) is 5. The van der Waals surface area contributed by atoms with Gasteiger partial charge >= 0.3 is 0 Å². The Morgan fingerprint density at radius 2 is 1.22 bits per heavy atom. The van der Waals surface area contributed by atoms with Crippen LogP contribution in [0, 0.1) is 0 Å². The van der Waals surface area contributed by atoms with Crippen molar-refractivity contribution in [3.05, 3.63) is 108 Å². The van der Waals surface area contributed by atoms with E-state index in [1.54, 1.807) is 7.11 Å². The predicted octanol–water partition coefficient (Wildman–Crippen LogP) is 4.98. The molecular weight excluding hydrogens is 419 g/mol. The summed E-state index contributed by atoms with van der Waals surface area (Å²) < 4.78 is 6.98. The quantitative estimate of drug-likeness (QED) is 0.156. The Morgan fingerprint density at radius 3 is 1.59 bits per heavy atom. The van der Waals surface area contributed by atoms with E-state index in [2.05, 4.69) is 36.4 Å². The number of nitrogens with two attached hydrogens (primary N) is 1. The normalized spacial score (nSPS) is 12.9. The van der Waals surface area contributed by atoms with Crippen LogP contribution in [0.25, 0.3) is 0 Å². The van der Waals surface area contributed by atoms with Crippen LogP contribution in [0.1, 0.15) is 42.4 Å². The van der Waals surface area contributed by atoms with Crippen molar-refractivity contribution in [3.63, 3.8) is 0 Å². The highest BCUT2D eigenvalue weighted by Gasteiger charge is 2.45. The summed E-state index contributed by atoms with van der Waals surface area (Å²) in [7, 11) is -0.759. The zero-order chi connectivity index (χ0) is 22.8. The zero-order valence-electron chi connectivity index (χ0n) is 18.5. The average molecular weight is 453 g/mol. The lowest BCUT2D eigenvalue weighted by molar-refractivity contribution is 0.0980. The zero-order valence-corrected chi connectivity index (χ0v) is 19.4. The molecule has 0 spiro atoms. The maximum atomic E-state index is 10.7. The molecule has 0 aliphatic heterocycles. The van der Waals surface area contributed by atoms with Crippen LogP contribution in [0.5, 0.6) is 0 Å². The largest absolute Gasteiger partial charge is 0.367 e. The number of rotatable bonds is 12. The highest BCUT2D eigenvalue weighted by Crippen LogP contribution is 2.51. The molecule has 0 aliphatic rings. The van der Waals surface area contributed by atoms with Crippen LogP contribution >= 0.6 is 8.53 Å². The van der Waals surface area contributed by atoms with Crippen LogP contribution in [0.15, 0.2) is 91.0 Å². The summed E-state index contributed by atoms with van der Waals surface area (Å²) in [6.45, 7) is 0.527. The van der Waals surface area contributed by atoms with Crippen molar-refractivity contribution in [3.8, 4) is 0 Å². The van der Waals surface area contributed by atoms with Gasteiger partial charge in [0, 0.05) is 13.7 Å². The van der Waals surface area contributed by atoms with E-state index in [1.165, 1.54) is 0 Å². The minimum Gasteiger partial charge on any atom is -0.367 e. The lowest BCUT2D eigenvalue weighted by Crippen LogP contribution is -2.45. The van der Waals surface area contributed by atoms with Gasteiger partial charge in [0.15, 0.2) is 0 Å². The van der Waals surface area contributed by atoms with E-state index in [0.717, 1.165) is 42.4 Å². The van der Waals surface area contributed by atoms with Crippen molar-refractivity contribution in [1.82, 2.24) is 4.67 Å². The van der Waals surface area contributed by atoms with Crippen molar-refractivity contribution < 1.29 is 14.5 Å². The third kappa shape index (κ3) is 5.62. The smallest absolute Gasteiger partial charge is 0.254 e. The Kier molecular flexibility index (Phi) is 9.36. The molecular formula is C26H33N2O3P. The molecule has 0 radical (unpaired) electrons. The summed E-state index contributed by atoms with van der Waals surface area (Å²) in [5.41, 5.74) is 8.00. The Bertz CT molecular complexity index is 813. The molecule has 5 nitrogen and oxygen atoms in total. The predicted molar refractivity (Wildman–Crippen MR) is 131 cm³/mol. The monoisotopic (exact) mass is 452 g/mol. The van der Waals surface area contributed by atoms with Crippen molar-refractivity contribution in [2.75, 3.05) is 13.7 Å². The second-order valence-electron chi connectivity index (χ2n) is 7.82. The highest BCUT2D eigenvalue weighted by atomic mass is 31.2. The maximum absolute atomic E-state index is 10.7. The van der Waals surface area contributed by atoms with E-state index in [-0.39, 0.29) is 6.23 Å². The molecule has 0 heterocycles. The number of hydrogen-bond donors (Lipinski definition) is 3. The second-order valence-corrected chi connectivity index (χ2v) is 8.84. The van der Waals surface area contributed by atoms with Gasteiger partial charge in [-0.15, -0.1) is 0 Å². The summed E-state index contributed by atoms with van der Waals surface area (Å²) in [5.74, 6) is 0. The lowest BCUT2D eigenvalue weighted by Gasteiger charge is -2.45. The molecule has 6 heteroatoms. The molecule has 32 heavy (non-hydrogen) atoms. The fourth-order valence-corrected chi connectivity index (χ4v) is 5.21. The molecule has 0 saturated carbocycles. The van der Waals surface area contributed by atoms with E-state index in [0.29, 0.717) is 6.54 Å². The molecule has 0 aromatic heterocycles. The van der Waals surface area contributed by atoms with Crippen molar-refractivity contribution in [2.45, 2.75) is 37.5 Å². The van der Waals surface area contributed by atoms with Gasteiger partial charge in [-0.05, 0) is 36.0 Å². The van der Waals surface area contributed by atoms with Crippen LogP contribution in [0.4, 0.5) is 0 Å². The summed E-state index contributed by atoms with van der Waals surface area (Å²) in [5, 5.41) is 0. The van der Waals surface area contributed by atoms with Crippen LogP contribution in [-0.4, -0.2) is 34.3 Å². The van der Waals surface area contributed by atoms with Gasteiger partial charge in [-0.3, -0.25) is 0 Å². The molecule has 3 aromatic rings. The number of nitrogens with zero attached hydrogens (tertiary/aromatic N) is 1. The topological polar surface area (TPSA) is 79.0 Å². The summed E-state index contributed by atoms with van der Waals surface area (Å²) >= 11 is 0. The van der Waals surface area contributed by atoms with Gasteiger partial charge in [-0.25, -0.2) is 4.67 Å². The van der Waals surface area contributed by atoms with Gasteiger partial charge < -0.3 is 20.3 Å². The Balaban J connectivity index is 2.05. The molecule has 0 fully saturated rings. The molecule has 0 aliphatic carbocycles. The van der Waals surface area contributed by atoms with Gasteiger partial charge in [-0.1, -0.05) is 97.4 Å². The summed E-state index contributed by atoms with van der Waals surface area (Å²) in [6.07, 6.45) is 3.18. The van der Waals surface area contributed by atoms with E-state index in [4.69, 9.17) is 10.5 Å². The maximum Gasteiger partial charge on any atom is 0.254 e. The third-order valence-corrected chi connectivity index (χ3v) is 6.77. The summed E-state index contributed by atoms with van der Waals surface area (Å²) in [4.78, 5) is 21.4. The number of methoxy groups -OCH3 is 1. The first kappa shape index (κ1) is 24.5. The van der Waals surface area contributed by atoms with Crippen LogP contribution in [0.3, 0.4) is 0 Å². The number of ether oxygens (including phenoxy) is 1. The first-order valence-electron chi connectivity index (χ1n) is 11.0. The first-order chi connectivity index (χ1) is 15.6. The molecule has 3 aromatic carbocycles. The van der Waals surface area contributed by atoms with E-state index in [9.17, 15) is 9.79 Å². The minimum atomic E-state index is -2.38. The molecule has 0 saturated heterocycles. The minimum absolute atomic E-state index is 0.254. The lowest BCUT2D eigenvalue weighted by atomic mass is 9.77. The highest BCUT2D eigenvalue weighted by molar-refractivity contribution is 7.42. The van der Waals surface area contributed by atoms with Gasteiger partial charge in [0.1, 0.15) is 11.8 Å². The molecule has 0 amide bonds. The van der Waals surface area contributed by atoms with E-state index in [1.807, 2.05) is 59.3 Å². The fourth-order valence-electron chi connectivity index (χ4n) is 4.28. The third-order valence-electron chi connectivity index (χ3n) is 5.84.